The molecule has 432 valence electrons. The summed E-state index contributed by atoms with van der Waals surface area (Å²) in [5.74, 6) is -4.25. The van der Waals surface area contributed by atoms with E-state index in [0.29, 0.717) is 12.8 Å². The van der Waals surface area contributed by atoms with E-state index >= 15 is 0 Å². The second-order valence-electron chi connectivity index (χ2n) is 22.4. The van der Waals surface area contributed by atoms with Gasteiger partial charge in [0, 0.05) is 68.2 Å². The van der Waals surface area contributed by atoms with Gasteiger partial charge in [0.15, 0.2) is 0 Å². The van der Waals surface area contributed by atoms with Crippen LogP contribution in [0, 0.1) is 84.9 Å². The number of allylic oxidation sites excluding steroid dienone is 4. The van der Waals surface area contributed by atoms with Crippen LogP contribution in [-0.2, 0) is 28.8 Å². The molecule has 4 atom stereocenters. The topological polar surface area (TPSA) is 239 Å². The molecule has 2 unspecified atom stereocenters. The number of nitrogens with one attached hydrogen (secondary N) is 2. The van der Waals surface area contributed by atoms with Crippen LogP contribution in [0.4, 0.5) is 11.4 Å². The van der Waals surface area contributed by atoms with Crippen LogP contribution in [0.25, 0.3) is 0 Å². The Hall–Kier alpha value is -5.43. The van der Waals surface area contributed by atoms with Crippen molar-refractivity contribution in [3.05, 3.63) is 118 Å². The number of carboxylic acid groups (broad SMARTS) is 1. The number of nitrogens with two attached hydrogens (primary N) is 1. The molecule has 2 aromatic rings. The largest absolute Gasteiger partial charge is 0.481 e. The smallest absolute Gasteiger partial charge is 0.311 e. The summed E-state index contributed by atoms with van der Waals surface area (Å²) in [6.45, 7) is 23.1. The van der Waals surface area contributed by atoms with Gasteiger partial charge in [-0.05, 0) is 88.2 Å². The molecule has 0 saturated heterocycles. The summed E-state index contributed by atoms with van der Waals surface area (Å²) in [6, 6.07) is 15.6. The van der Waals surface area contributed by atoms with Crippen LogP contribution in [0.3, 0.4) is 0 Å². The Labute approximate surface area is 497 Å². The molecule has 6 rings (SSSR count). The molecule has 2 saturated carbocycles. The maximum absolute atomic E-state index is 14.0. The molecule has 79 heavy (non-hydrogen) atoms. The summed E-state index contributed by atoms with van der Waals surface area (Å²) < 4.78 is 5.50. The molecule has 0 bridgehead atoms. The number of aliphatic carboxylic acids is 1. The molecule has 0 spiro atoms. The fraction of sp³-hybridized carbons (Fsp3) is 0.540. The van der Waals surface area contributed by atoms with Crippen molar-refractivity contribution in [2.75, 3.05) is 23.9 Å². The third-order valence-corrected chi connectivity index (χ3v) is 16.1. The molecule has 0 radical (unpaired) electrons. The Balaban J connectivity index is 0.000000518. The quantitative estimate of drug-likeness (QED) is 0.0431. The zero-order valence-corrected chi connectivity index (χ0v) is 52.4. The third kappa shape index (κ3) is 16.8. The van der Waals surface area contributed by atoms with Gasteiger partial charge in [-0.1, -0.05) is 140 Å². The second-order valence-corrected chi connectivity index (χ2v) is 22.4. The molecule has 16 heteroatoms. The van der Waals surface area contributed by atoms with Crippen molar-refractivity contribution in [3.63, 3.8) is 0 Å². The number of fused-ring (bicyclic) bond motifs is 2. The molecule has 5 amide bonds. The number of carbonyl (C=O) groups excluding carboxylic acids is 5. The maximum atomic E-state index is 14.0. The Kier molecular flexibility index (Phi) is 28.1. The van der Waals surface area contributed by atoms with Crippen molar-refractivity contribution in [2.24, 2.45) is 62.1 Å². The normalized spacial score (nSPS) is 18.9. The van der Waals surface area contributed by atoms with E-state index in [-0.39, 0.29) is 98.4 Å². The number of carboxylic acids is 1. The van der Waals surface area contributed by atoms with Crippen LogP contribution in [0.5, 0.6) is 0 Å². The fourth-order valence-electron chi connectivity index (χ4n) is 12.1. The molecule has 2 heterocycles. The Morgan fingerprint density at radius 1 is 0.646 bits per heavy atom. The molecule has 2 aliphatic heterocycles. The average molecular weight is 1310 g/mol. The first kappa shape index (κ1) is 67.8. The predicted octanol–water partition coefficient (Wildman–Crippen LogP) is 11.5. The first-order valence-corrected chi connectivity index (χ1v) is 27.8. The summed E-state index contributed by atoms with van der Waals surface area (Å²) >= 11 is 0. The summed E-state index contributed by atoms with van der Waals surface area (Å²) in [5.41, 5.74) is 8.50. The number of benzene rings is 2. The number of benzodiazepines with no additional fused rings is 2. The van der Waals surface area contributed by atoms with E-state index in [2.05, 4.69) is 44.4 Å². The predicted molar refractivity (Wildman–Crippen MR) is 317 cm³/mol. The van der Waals surface area contributed by atoms with Gasteiger partial charge in [0.2, 0.25) is 30.1 Å². The van der Waals surface area contributed by atoms with E-state index in [9.17, 15) is 33.9 Å². The van der Waals surface area contributed by atoms with Crippen molar-refractivity contribution in [2.45, 2.75) is 156 Å². The van der Waals surface area contributed by atoms with Gasteiger partial charge in [0.05, 0.1) is 45.5 Å². The monoisotopic (exact) mass is 1310 g/mol. The number of carbonyl (C=O) groups is 6. The van der Waals surface area contributed by atoms with Gasteiger partial charge in [0.1, 0.15) is 0 Å². The van der Waals surface area contributed by atoms with Crippen LogP contribution in [0.15, 0.2) is 109 Å². The zero-order chi connectivity index (χ0) is 57.7. The van der Waals surface area contributed by atoms with Crippen molar-refractivity contribution in [1.29, 1.82) is 0 Å². The number of amides is 5. The van der Waals surface area contributed by atoms with Gasteiger partial charge >= 0.3 is 5.97 Å². The minimum absolute atomic E-state index is 0. The van der Waals surface area contributed by atoms with E-state index in [0.717, 1.165) is 85.3 Å². The van der Waals surface area contributed by atoms with Crippen LogP contribution in [0.2, 0.25) is 0 Å². The number of rotatable bonds is 22. The van der Waals surface area contributed by atoms with Gasteiger partial charge in [-0.15, -0.1) is 26.3 Å². The van der Waals surface area contributed by atoms with Crippen molar-refractivity contribution in [1.82, 2.24) is 16.8 Å². The molecular weight excluding hydrogens is 1220 g/mol. The van der Waals surface area contributed by atoms with Crippen LogP contribution in [0.1, 0.15) is 156 Å². The van der Waals surface area contributed by atoms with E-state index in [4.69, 9.17) is 17.1 Å². The Morgan fingerprint density at radius 2 is 0.962 bits per heavy atom. The Morgan fingerprint density at radius 3 is 1.27 bits per heavy atom. The number of likely N-dealkylation sites (N-methyl/N-ethyl adjacent to an activating group) is 2. The van der Waals surface area contributed by atoms with E-state index < -0.39 is 58.7 Å². The van der Waals surface area contributed by atoms with Gasteiger partial charge in [-0.25, -0.2) is 1.37 Å². The number of para-hydroxylation sites is 2. The second kappa shape index (κ2) is 32.7. The molecule has 0 aromatic heterocycles. The Bertz CT molecular complexity index is 2310. The summed E-state index contributed by atoms with van der Waals surface area (Å²) in [4.78, 5) is 93.9. The standard InChI is InChI=1S/C31H44N4O3.C31H43N3O4.CH3.H3N.U/c1-6-18-31(19-7-2,30(32)38)24(20-21(3)4)28(36)34-27-29(37)35(5)25-17-13-12-16-23(25)26(33-27)22-14-10-8-9-11-15-22;1-6-18-31(19-7-2,30(37)38)24(20-21(3)4)28(35)33-27-29(36)34(5)25-17-13-12-16-23(25)26(32-27)22-14-10-8-9-11-15-22;;;/h6-7,12-13,16-17,21-22,24,27H,1-2,8-11,14-15,18-20H2,3-5H3,(H2,32,38)(H,34,36);6-7,12-13,16-17,21-22,24,27H,1-2,8-11,14-15,18-20H2,3-5H3,(H,33,35)(H,37,38);2*1H3;/q;;-1;;/t2*24-,27?;;;/m00.../s1/i;;1T;;. The van der Waals surface area contributed by atoms with Crippen LogP contribution < -0.4 is 32.3 Å². The summed E-state index contributed by atoms with van der Waals surface area (Å²) in [5, 5.41) is 16.2. The molecule has 2 fully saturated rings. The van der Waals surface area contributed by atoms with Gasteiger partial charge in [0.25, 0.3) is 11.8 Å². The average Bonchev–Trinajstić information content (AvgIpc) is 3.93. The first-order chi connectivity index (χ1) is 37.3. The molecule has 2 aliphatic carbocycles. The summed E-state index contributed by atoms with van der Waals surface area (Å²) in [6.07, 6.45) is 18.8. The molecule has 2 aromatic carbocycles. The number of nitrogens with zero attached hydrogens (tertiary/aromatic N) is 4. The van der Waals surface area contributed by atoms with Gasteiger partial charge < -0.3 is 44.8 Å². The number of primary amides is 1. The van der Waals surface area contributed by atoms with Crippen molar-refractivity contribution >= 4 is 58.3 Å². The number of hydrogen-bond donors (Lipinski definition) is 5. The molecule has 15 nitrogen and oxygen atoms in total. The van der Waals surface area contributed by atoms with Gasteiger partial charge in [-0.2, -0.15) is 0 Å². The van der Waals surface area contributed by atoms with Crippen LogP contribution in [-0.4, -0.2) is 78.5 Å². The minimum atomic E-state index is -1.41. The van der Waals surface area contributed by atoms with E-state index in [1.165, 1.54) is 25.7 Å². The van der Waals surface area contributed by atoms with E-state index in [1.807, 2.05) is 76.2 Å². The fourth-order valence-corrected chi connectivity index (χ4v) is 12.1. The van der Waals surface area contributed by atoms with Crippen molar-refractivity contribution < 1.29 is 66.4 Å². The molecule has 4 aliphatic rings. The zero-order valence-electron chi connectivity index (χ0n) is 49.3. The van der Waals surface area contributed by atoms with Crippen molar-refractivity contribution in [3.8, 4) is 0 Å². The first-order valence-electron chi connectivity index (χ1n) is 28.5. The minimum Gasteiger partial charge on any atom is -0.481 e. The van der Waals surface area contributed by atoms with E-state index in [1.54, 1.807) is 48.2 Å². The summed E-state index contributed by atoms with van der Waals surface area (Å²) in [7, 11) is 5.93. The molecular formula is C63H93N8O7U-. The SMILES string of the molecule is C=CCC(CC=C)(C(=O)O)[C@@H](CC(C)C)C(=O)NC1N=C(C2CCCCCC2)c2ccccc2N(C)C1=O.C=CCC(CC=C)(C(N)=O)[C@@H](CC(C)C)C(=O)NC1N=C(C2CCCCCC2)c2ccccc2N(C)C1=O.N.[3H][CH2-].[U]. The number of hydrogen-bond acceptors (Lipinski definition) is 9. The maximum Gasteiger partial charge on any atom is 0.311 e. The number of aliphatic imine (C=N–C) groups is 2. The third-order valence-electron chi connectivity index (χ3n) is 16.1. The number of anilines is 2. The van der Waals surface area contributed by atoms with Crippen LogP contribution >= 0.6 is 0 Å². The molecule has 8 N–H and O–H groups in total. The van der Waals surface area contributed by atoms with Gasteiger partial charge in [-0.3, -0.25) is 38.8 Å².